The quantitative estimate of drug-likeness (QED) is 0.166. The van der Waals surface area contributed by atoms with Gasteiger partial charge < -0.3 is 0 Å². The maximum atomic E-state index is 4.78. The number of aryl methyl sites for hydroxylation is 6. The highest BCUT2D eigenvalue weighted by atomic mass is 15.3. The van der Waals surface area contributed by atoms with Gasteiger partial charge in [-0.05, 0) is 82.1 Å². The SMILES string of the molecule is Cc1cc(C)c(B(c2ccc(N(c3ncccn3)c3ccc4ccccc4c3-c3ccccc3)cc2)c2c(C)cc(C)cc2C)c(C)c1. The van der Waals surface area contributed by atoms with Gasteiger partial charge in [-0.25, -0.2) is 9.97 Å². The summed E-state index contributed by atoms with van der Waals surface area (Å²) in [5.74, 6) is 0.629. The molecule has 6 aromatic carbocycles. The molecule has 0 saturated heterocycles. The molecule has 7 aromatic rings. The van der Waals surface area contributed by atoms with Gasteiger partial charge in [-0.15, -0.1) is 0 Å². The number of aromatic nitrogens is 2. The standard InChI is InChI=1S/C44H40BN3/c1-29-25-31(3)42(32(4)26-29)45(43-33(5)27-30(2)28-34(43)6)37-18-20-38(21-19-37)48(44-46-23-12-24-47-44)40-22-17-35-13-10-11-16-39(35)41(40)36-14-8-7-9-15-36/h7-28H,1-6H3. The maximum Gasteiger partial charge on any atom is 0.242 e. The van der Waals surface area contributed by atoms with Crippen LogP contribution in [0, 0.1) is 41.5 Å². The third kappa shape index (κ3) is 5.79. The number of hydrogen-bond donors (Lipinski definition) is 0. The van der Waals surface area contributed by atoms with E-state index in [1.165, 1.54) is 60.5 Å². The Morgan fingerprint density at radius 3 is 1.65 bits per heavy atom. The molecule has 1 heterocycles. The predicted molar refractivity (Wildman–Crippen MR) is 206 cm³/mol. The second kappa shape index (κ2) is 13.0. The first-order valence-corrected chi connectivity index (χ1v) is 16.7. The van der Waals surface area contributed by atoms with E-state index in [2.05, 4.69) is 162 Å². The number of fused-ring (bicyclic) bond motifs is 1. The minimum Gasteiger partial charge on any atom is -0.279 e. The van der Waals surface area contributed by atoms with Crippen molar-refractivity contribution in [2.75, 3.05) is 4.90 Å². The molecular weight excluding hydrogens is 581 g/mol. The van der Waals surface area contributed by atoms with E-state index >= 15 is 0 Å². The monoisotopic (exact) mass is 621 g/mol. The van der Waals surface area contributed by atoms with E-state index in [0.29, 0.717) is 5.95 Å². The highest BCUT2D eigenvalue weighted by Gasteiger charge is 2.29. The number of hydrogen-bond acceptors (Lipinski definition) is 3. The molecule has 0 spiro atoms. The Morgan fingerprint density at radius 2 is 1.06 bits per heavy atom. The van der Waals surface area contributed by atoms with E-state index in [4.69, 9.17) is 9.97 Å². The van der Waals surface area contributed by atoms with Crippen molar-refractivity contribution in [1.29, 1.82) is 0 Å². The lowest BCUT2D eigenvalue weighted by atomic mass is 9.34. The third-order valence-corrected chi connectivity index (χ3v) is 9.50. The Bertz CT molecular complexity index is 2140. The molecule has 0 aliphatic carbocycles. The molecule has 0 saturated carbocycles. The van der Waals surface area contributed by atoms with E-state index in [9.17, 15) is 0 Å². The average molecular weight is 622 g/mol. The molecule has 4 heteroatoms. The van der Waals surface area contributed by atoms with E-state index in [0.717, 1.165) is 22.5 Å². The molecule has 3 nitrogen and oxygen atoms in total. The molecule has 234 valence electrons. The zero-order valence-corrected chi connectivity index (χ0v) is 28.6. The molecule has 0 N–H and O–H groups in total. The van der Waals surface area contributed by atoms with Crippen LogP contribution in [0.15, 0.2) is 134 Å². The van der Waals surface area contributed by atoms with Crippen molar-refractivity contribution >= 4 is 51.2 Å². The highest BCUT2D eigenvalue weighted by Crippen LogP contribution is 2.42. The van der Waals surface area contributed by atoms with Crippen LogP contribution in [-0.2, 0) is 0 Å². The fourth-order valence-electron chi connectivity index (χ4n) is 7.71. The summed E-state index contributed by atoms with van der Waals surface area (Å²) in [4.78, 5) is 11.7. The molecule has 0 bridgehead atoms. The lowest BCUT2D eigenvalue weighted by Crippen LogP contribution is -2.55. The van der Waals surface area contributed by atoms with Crippen LogP contribution < -0.4 is 21.3 Å². The first-order chi connectivity index (χ1) is 23.3. The molecule has 0 unspecified atom stereocenters. The van der Waals surface area contributed by atoms with Gasteiger partial charge in [0, 0.05) is 23.6 Å². The Labute approximate surface area is 285 Å². The van der Waals surface area contributed by atoms with Crippen LogP contribution in [0.1, 0.15) is 33.4 Å². The van der Waals surface area contributed by atoms with E-state index in [1.807, 2.05) is 18.5 Å². The summed E-state index contributed by atoms with van der Waals surface area (Å²) in [7, 11) is 0. The second-order valence-electron chi connectivity index (χ2n) is 13.1. The van der Waals surface area contributed by atoms with E-state index in [1.54, 1.807) is 0 Å². The molecule has 1 aromatic heterocycles. The van der Waals surface area contributed by atoms with Crippen LogP contribution in [0.4, 0.5) is 17.3 Å². The Balaban J connectivity index is 1.44. The van der Waals surface area contributed by atoms with Crippen molar-refractivity contribution in [3.05, 3.63) is 167 Å². The van der Waals surface area contributed by atoms with Gasteiger partial charge in [0.25, 0.3) is 0 Å². The fourth-order valence-corrected chi connectivity index (χ4v) is 7.71. The highest BCUT2D eigenvalue weighted by molar-refractivity contribution is 6.96. The first-order valence-electron chi connectivity index (χ1n) is 16.7. The van der Waals surface area contributed by atoms with Gasteiger partial charge in [0.2, 0.25) is 12.7 Å². The van der Waals surface area contributed by atoms with Crippen molar-refractivity contribution in [3.63, 3.8) is 0 Å². The largest absolute Gasteiger partial charge is 0.279 e. The molecule has 0 atom stereocenters. The van der Waals surface area contributed by atoms with Gasteiger partial charge in [0.15, 0.2) is 0 Å². The first kappa shape index (κ1) is 31.1. The van der Waals surface area contributed by atoms with Crippen molar-refractivity contribution in [2.45, 2.75) is 41.5 Å². The van der Waals surface area contributed by atoms with Gasteiger partial charge in [-0.1, -0.05) is 147 Å². The molecule has 0 aliphatic heterocycles. The van der Waals surface area contributed by atoms with Crippen LogP contribution in [-0.4, -0.2) is 16.7 Å². The zero-order valence-electron chi connectivity index (χ0n) is 28.6. The minimum atomic E-state index is 0.0993. The van der Waals surface area contributed by atoms with Crippen molar-refractivity contribution in [2.24, 2.45) is 0 Å². The Hall–Kier alpha value is -5.48. The molecule has 0 aliphatic rings. The lowest BCUT2D eigenvalue weighted by molar-refractivity contribution is 1.08. The van der Waals surface area contributed by atoms with Crippen LogP contribution in [0.2, 0.25) is 0 Å². The second-order valence-corrected chi connectivity index (χ2v) is 13.1. The molecule has 0 amide bonds. The van der Waals surface area contributed by atoms with Gasteiger partial charge >= 0.3 is 0 Å². The number of anilines is 3. The van der Waals surface area contributed by atoms with Crippen LogP contribution in [0.5, 0.6) is 0 Å². The van der Waals surface area contributed by atoms with Crippen LogP contribution in [0.3, 0.4) is 0 Å². The zero-order chi connectivity index (χ0) is 33.4. The van der Waals surface area contributed by atoms with Crippen molar-refractivity contribution in [1.82, 2.24) is 9.97 Å². The topological polar surface area (TPSA) is 29.0 Å². The Kier molecular flexibility index (Phi) is 8.41. The summed E-state index contributed by atoms with van der Waals surface area (Å²) in [5.41, 5.74) is 16.3. The van der Waals surface area contributed by atoms with Crippen LogP contribution in [0.25, 0.3) is 21.9 Å². The summed E-state index contributed by atoms with van der Waals surface area (Å²) in [6.07, 6.45) is 3.63. The fraction of sp³-hybridized carbons (Fsp3) is 0.136. The number of nitrogens with zero attached hydrogens (tertiary/aromatic N) is 3. The predicted octanol–water partition coefficient (Wildman–Crippen LogP) is 9.13. The molecule has 7 rings (SSSR count). The van der Waals surface area contributed by atoms with E-state index < -0.39 is 0 Å². The third-order valence-electron chi connectivity index (χ3n) is 9.50. The smallest absolute Gasteiger partial charge is 0.242 e. The van der Waals surface area contributed by atoms with Gasteiger partial charge in [0.1, 0.15) is 0 Å². The number of rotatable bonds is 7. The summed E-state index contributed by atoms with van der Waals surface area (Å²) in [6.45, 7) is 13.5. The van der Waals surface area contributed by atoms with Crippen molar-refractivity contribution in [3.8, 4) is 11.1 Å². The summed E-state index contributed by atoms with van der Waals surface area (Å²) < 4.78 is 0. The van der Waals surface area contributed by atoms with Crippen molar-refractivity contribution < 1.29 is 0 Å². The maximum absolute atomic E-state index is 4.78. The summed E-state index contributed by atoms with van der Waals surface area (Å²) >= 11 is 0. The molecule has 0 fully saturated rings. The van der Waals surface area contributed by atoms with Gasteiger partial charge in [-0.2, -0.15) is 0 Å². The van der Waals surface area contributed by atoms with E-state index in [-0.39, 0.29) is 6.71 Å². The van der Waals surface area contributed by atoms with Gasteiger partial charge in [0.05, 0.1) is 5.69 Å². The van der Waals surface area contributed by atoms with Gasteiger partial charge in [-0.3, -0.25) is 4.90 Å². The van der Waals surface area contributed by atoms with Crippen LogP contribution >= 0.6 is 0 Å². The molecular formula is C44H40BN3. The lowest BCUT2D eigenvalue weighted by Gasteiger charge is -2.28. The summed E-state index contributed by atoms with van der Waals surface area (Å²) in [5, 5.41) is 2.38. The normalized spacial score (nSPS) is 11.1. The molecule has 0 radical (unpaired) electrons. The molecule has 48 heavy (non-hydrogen) atoms. The minimum absolute atomic E-state index is 0.0993. The average Bonchev–Trinajstić information content (AvgIpc) is 3.08. The Morgan fingerprint density at radius 1 is 0.521 bits per heavy atom. The summed E-state index contributed by atoms with van der Waals surface area (Å²) in [6, 6.07) is 43.9. The number of benzene rings is 6.